The number of rotatable bonds is 2. The summed E-state index contributed by atoms with van der Waals surface area (Å²) >= 11 is 0. The van der Waals surface area contributed by atoms with E-state index in [2.05, 4.69) is 17.1 Å². The summed E-state index contributed by atoms with van der Waals surface area (Å²) in [4.78, 5) is 13.3. The highest BCUT2D eigenvalue weighted by Gasteiger charge is 2.22. The molecule has 16 heavy (non-hydrogen) atoms. The molecule has 1 aromatic carbocycles. The Bertz CT molecular complexity index is 392. The predicted molar refractivity (Wildman–Crippen MR) is 63.1 cm³/mol. The number of carboxylic acid groups (broad SMARTS) is 1. The van der Waals surface area contributed by atoms with Crippen molar-refractivity contribution in [2.45, 2.75) is 13.0 Å². The number of piperazine rings is 1. The molecule has 4 heteroatoms. The largest absolute Gasteiger partial charge is 0.478 e. The number of hydrogen-bond donors (Lipinski definition) is 2. The lowest BCUT2D eigenvalue weighted by atomic mass is 10.1. The van der Waals surface area contributed by atoms with E-state index in [0.29, 0.717) is 11.6 Å². The van der Waals surface area contributed by atoms with Crippen LogP contribution in [0.5, 0.6) is 0 Å². The molecule has 2 rings (SSSR count). The zero-order valence-corrected chi connectivity index (χ0v) is 9.31. The summed E-state index contributed by atoms with van der Waals surface area (Å²) in [6.45, 7) is 4.75. The van der Waals surface area contributed by atoms with Crippen LogP contribution in [0.15, 0.2) is 24.3 Å². The van der Waals surface area contributed by atoms with Crippen LogP contribution in [0.4, 0.5) is 5.69 Å². The quantitative estimate of drug-likeness (QED) is 0.786. The van der Waals surface area contributed by atoms with Crippen LogP contribution >= 0.6 is 0 Å². The van der Waals surface area contributed by atoms with E-state index in [1.807, 2.05) is 12.1 Å². The van der Waals surface area contributed by atoms with Gasteiger partial charge < -0.3 is 15.3 Å². The van der Waals surface area contributed by atoms with E-state index >= 15 is 0 Å². The number of carboxylic acids is 1. The second kappa shape index (κ2) is 4.53. The van der Waals surface area contributed by atoms with Crippen molar-refractivity contribution in [3.63, 3.8) is 0 Å². The van der Waals surface area contributed by atoms with E-state index in [9.17, 15) is 4.79 Å². The molecule has 86 valence electrons. The van der Waals surface area contributed by atoms with Crippen molar-refractivity contribution in [1.29, 1.82) is 0 Å². The van der Waals surface area contributed by atoms with E-state index in [1.165, 1.54) is 0 Å². The van der Waals surface area contributed by atoms with Crippen molar-refractivity contribution in [3.05, 3.63) is 29.8 Å². The number of anilines is 1. The molecule has 0 aromatic heterocycles. The van der Waals surface area contributed by atoms with Gasteiger partial charge in [0, 0.05) is 25.7 Å². The van der Waals surface area contributed by atoms with Crippen molar-refractivity contribution < 1.29 is 9.90 Å². The average Bonchev–Trinajstić information content (AvgIpc) is 2.29. The molecule has 0 spiro atoms. The maximum Gasteiger partial charge on any atom is 0.337 e. The van der Waals surface area contributed by atoms with Gasteiger partial charge in [-0.25, -0.2) is 4.79 Å². The van der Waals surface area contributed by atoms with E-state index in [0.717, 1.165) is 25.3 Å². The highest BCUT2D eigenvalue weighted by molar-refractivity contribution is 5.94. The predicted octanol–water partition coefficient (Wildman–Crippen LogP) is 1.18. The third-order valence-corrected chi connectivity index (χ3v) is 2.95. The molecule has 1 aliphatic heterocycles. The van der Waals surface area contributed by atoms with Crippen LogP contribution in [0, 0.1) is 0 Å². The molecule has 4 nitrogen and oxygen atoms in total. The average molecular weight is 220 g/mol. The van der Waals surface area contributed by atoms with Gasteiger partial charge in [-0.15, -0.1) is 0 Å². The maximum absolute atomic E-state index is 11.1. The summed E-state index contributed by atoms with van der Waals surface area (Å²) in [5.74, 6) is -0.860. The van der Waals surface area contributed by atoms with Crippen molar-refractivity contribution in [1.82, 2.24) is 5.32 Å². The molecule has 0 aliphatic carbocycles. The highest BCUT2D eigenvalue weighted by atomic mass is 16.4. The smallest absolute Gasteiger partial charge is 0.337 e. The number of carbonyl (C=O) groups is 1. The van der Waals surface area contributed by atoms with Crippen LogP contribution in [0.25, 0.3) is 0 Å². The molecular formula is C12H16N2O2. The van der Waals surface area contributed by atoms with Crippen LogP contribution in [0.2, 0.25) is 0 Å². The molecule has 1 fully saturated rings. The number of nitrogens with zero attached hydrogens (tertiary/aromatic N) is 1. The van der Waals surface area contributed by atoms with E-state index < -0.39 is 5.97 Å². The minimum atomic E-state index is -0.860. The second-order valence-corrected chi connectivity index (χ2v) is 4.07. The van der Waals surface area contributed by atoms with Gasteiger partial charge in [-0.05, 0) is 19.1 Å². The summed E-state index contributed by atoms with van der Waals surface area (Å²) in [7, 11) is 0. The Labute approximate surface area is 94.9 Å². The maximum atomic E-state index is 11.1. The Morgan fingerprint density at radius 2 is 2.25 bits per heavy atom. The first-order valence-electron chi connectivity index (χ1n) is 5.50. The van der Waals surface area contributed by atoms with Gasteiger partial charge >= 0.3 is 5.97 Å². The number of benzene rings is 1. The third-order valence-electron chi connectivity index (χ3n) is 2.95. The molecule has 2 N–H and O–H groups in total. The third kappa shape index (κ3) is 2.02. The number of nitrogens with one attached hydrogen (secondary N) is 1. The fourth-order valence-corrected chi connectivity index (χ4v) is 2.10. The Kier molecular flexibility index (Phi) is 3.10. The Balaban J connectivity index is 2.34. The highest BCUT2D eigenvalue weighted by Crippen LogP contribution is 2.23. The molecule has 1 heterocycles. The van der Waals surface area contributed by atoms with Crippen LogP contribution < -0.4 is 10.2 Å². The van der Waals surface area contributed by atoms with Crippen LogP contribution in [0.3, 0.4) is 0 Å². The van der Waals surface area contributed by atoms with Crippen molar-refractivity contribution in [2.75, 3.05) is 24.5 Å². The summed E-state index contributed by atoms with van der Waals surface area (Å²) in [6.07, 6.45) is 0. The topological polar surface area (TPSA) is 52.6 Å². The van der Waals surface area contributed by atoms with Crippen LogP contribution in [0.1, 0.15) is 17.3 Å². The fourth-order valence-electron chi connectivity index (χ4n) is 2.10. The van der Waals surface area contributed by atoms with Crippen molar-refractivity contribution in [3.8, 4) is 0 Å². The zero-order valence-electron chi connectivity index (χ0n) is 9.31. The Morgan fingerprint density at radius 3 is 2.94 bits per heavy atom. The monoisotopic (exact) mass is 220 g/mol. The fraction of sp³-hybridized carbons (Fsp3) is 0.417. The lowest BCUT2D eigenvalue weighted by Gasteiger charge is -2.36. The molecule has 1 atom stereocenters. The van der Waals surface area contributed by atoms with Gasteiger partial charge in [-0.3, -0.25) is 0 Å². The normalized spacial score (nSPS) is 20.8. The molecular weight excluding hydrogens is 204 g/mol. The first-order chi connectivity index (χ1) is 7.70. The minimum Gasteiger partial charge on any atom is -0.478 e. The Morgan fingerprint density at radius 1 is 1.50 bits per heavy atom. The van der Waals surface area contributed by atoms with Crippen LogP contribution in [-0.2, 0) is 0 Å². The number of hydrogen-bond acceptors (Lipinski definition) is 3. The lowest BCUT2D eigenvalue weighted by Crippen LogP contribution is -2.50. The first kappa shape index (κ1) is 11.0. The van der Waals surface area contributed by atoms with E-state index in [4.69, 9.17) is 5.11 Å². The van der Waals surface area contributed by atoms with Gasteiger partial charge in [0.15, 0.2) is 0 Å². The number of aromatic carboxylic acids is 1. The molecule has 1 aliphatic rings. The van der Waals surface area contributed by atoms with Gasteiger partial charge in [-0.1, -0.05) is 12.1 Å². The summed E-state index contributed by atoms with van der Waals surface area (Å²) in [6, 6.07) is 7.52. The SMILES string of the molecule is CC1CNCCN1c1ccccc1C(=O)O. The van der Waals surface area contributed by atoms with Gasteiger partial charge in [-0.2, -0.15) is 0 Å². The lowest BCUT2D eigenvalue weighted by molar-refractivity contribution is 0.0697. The summed E-state index contributed by atoms with van der Waals surface area (Å²) in [5.41, 5.74) is 1.21. The molecule has 0 radical (unpaired) electrons. The molecule has 1 unspecified atom stereocenters. The first-order valence-corrected chi connectivity index (χ1v) is 5.50. The van der Waals surface area contributed by atoms with Gasteiger partial charge in [0.25, 0.3) is 0 Å². The molecule has 1 saturated heterocycles. The van der Waals surface area contributed by atoms with Gasteiger partial charge in [0.2, 0.25) is 0 Å². The molecule has 0 bridgehead atoms. The molecule has 0 saturated carbocycles. The number of para-hydroxylation sites is 1. The van der Waals surface area contributed by atoms with Crippen LogP contribution in [-0.4, -0.2) is 36.8 Å². The van der Waals surface area contributed by atoms with Gasteiger partial charge in [0.05, 0.1) is 11.3 Å². The van der Waals surface area contributed by atoms with Crippen molar-refractivity contribution >= 4 is 11.7 Å². The Hall–Kier alpha value is -1.55. The summed E-state index contributed by atoms with van der Waals surface area (Å²) < 4.78 is 0. The zero-order chi connectivity index (χ0) is 11.5. The van der Waals surface area contributed by atoms with E-state index in [1.54, 1.807) is 12.1 Å². The van der Waals surface area contributed by atoms with E-state index in [-0.39, 0.29) is 0 Å². The minimum absolute atomic E-state index is 0.328. The second-order valence-electron chi connectivity index (χ2n) is 4.07. The molecule has 1 aromatic rings. The summed E-state index contributed by atoms with van der Waals surface area (Å²) in [5, 5.41) is 12.4. The standard InChI is InChI=1S/C12H16N2O2/c1-9-8-13-6-7-14(9)11-5-3-2-4-10(11)12(15)16/h2-5,9,13H,6-8H2,1H3,(H,15,16). The molecule has 0 amide bonds. The van der Waals surface area contributed by atoms with Gasteiger partial charge in [0.1, 0.15) is 0 Å². The van der Waals surface area contributed by atoms with Crippen molar-refractivity contribution in [2.24, 2.45) is 0 Å².